The van der Waals surface area contributed by atoms with E-state index in [2.05, 4.69) is 15.4 Å². The molecule has 0 aromatic carbocycles. The van der Waals surface area contributed by atoms with Gasteiger partial charge in [0.25, 0.3) is 0 Å². The summed E-state index contributed by atoms with van der Waals surface area (Å²) in [6, 6.07) is 1.80. The number of pyridine rings is 1. The number of nitrogens with one attached hydrogen (secondary N) is 1. The molecular weight excluding hydrogens is 304 g/mol. The third kappa shape index (κ3) is 3.34. The molecule has 1 unspecified atom stereocenters. The highest BCUT2D eigenvalue weighted by atomic mass is 35.5. The maximum Gasteiger partial charge on any atom is 0.157 e. The second-order valence-corrected chi connectivity index (χ2v) is 6.69. The van der Waals surface area contributed by atoms with Crippen LogP contribution in [-0.4, -0.2) is 38.6 Å². The van der Waals surface area contributed by atoms with Crippen LogP contribution in [-0.2, 0) is 4.74 Å². The molecule has 120 valence electrons. The molecule has 0 bridgehead atoms. The molecule has 0 saturated carbocycles. The SMILES string of the molecule is CC(C)(O)CNc1nn(C2CCCCO2)c2cc(Cl)ncc12. The van der Waals surface area contributed by atoms with Gasteiger partial charge in [-0.2, -0.15) is 5.10 Å². The van der Waals surface area contributed by atoms with E-state index in [0.29, 0.717) is 17.5 Å². The van der Waals surface area contributed by atoms with Crippen LogP contribution in [0.5, 0.6) is 0 Å². The van der Waals surface area contributed by atoms with Gasteiger partial charge < -0.3 is 15.2 Å². The molecule has 1 aliphatic heterocycles. The van der Waals surface area contributed by atoms with Gasteiger partial charge in [0.15, 0.2) is 12.0 Å². The number of ether oxygens (including phenoxy) is 1. The molecule has 0 aliphatic carbocycles. The van der Waals surface area contributed by atoms with Crippen LogP contribution in [0.1, 0.15) is 39.3 Å². The van der Waals surface area contributed by atoms with Crippen LogP contribution in [0.25, 0.3) is 10.9 Å². The molecule has 0 radical (unpaired) electrons. The van der Waals surface area contributed by atoms with Gasteiger partial charge >= 0.3 is 0 Å². The first-order valence-corrected chi connectivity index (χ1v) is 7.93. The number of nitrogens with zero attached hydrogens (tertiary/aromatic N) is 3. The lowest BCUT2D eigenvalue weighted by Gasteiger charge is -2.23. The van der Waals surface area contributed by atoms with Crippen molar-refractivity contribution in [2.45, 2.75) is 44.9 Å². The van der Waals surface area contributed by atoms with Gasteiger partial charge in [-0.15, -0.1) is 0 Å². The van der Waals surface area contributed by atoms with Crippen LogP contribution < -0.4 is 5.32 Å². The first-order valence-electron chi connectivity index (χ1n) is 7.56. The number of hydrogen-bond donors (Lipinski definition) is 2. The second-order valence-electron chi connectivity index (χ2n) is 6.30. The topological polar surface area (TPSA) is 72.2 Å². The number of anilines is 1. The van der Waals surface area contributed by atoms with Gasteiger partial charge in [-0.05, 0) is 33.1 Å². The number of halogens is 1. The minimum absolute atomic E-state index is 0.0765. The zero-order valence-electron chi connectivity index (χ0n) is 12.8. The maximum atomic E-state index is 9.89. The molecule has 7 heteroatoms. The van der Waals surface area contributed by atoms with Gasteiger partial charge in [0.05, 0.1) is 16.5 Å². The molecule has 0 spiro atoms. The van der Waals surface area contributed by atoms with Crippen molar-refractivity contribution in [3.63, 3.8) is 0 Å². The van der Waals surface area contributed by atoms with Crippen LogP contribution in [0, 0.1) is 0 Å². The van der Waals surface area contributed by atoms with Crippen molar-refractivity contribution < 1.29 is 9.84 Å². The van der Waals surface area contributed by atoms with E-state index in [9.17, 15) is 5.11 Å². The van der Waals surface area contributed by atoms with Crippen molar-refractivity contribution in [2.75, 3.05) is 18.5 Å². The fourth-order valence-corrected chi connectivity index (χ4v) is 2.73. The van der Waals surface area contributed by atoms with E-state index in [1.165, 1.54) is 0 Å². The summed E-state index contributed by atoms with van der Waals surface area (Å²) in [6.45, 7) is 4.64. The first-order chi connectivity index (χ1) is 10.4. The minimum Gasteiger partial charge on any atom is -0.389 e. The predicted octanol–water partition coefficient (Wildman–Crippen LogP) is 2.97. The van der Waals surface area contributed by atoms with Crippen LogP contribution >= 0.6 is 11.6 Å². The highest BCUT2D eigenvalue weighted by Crippen LogP contribution is 2.31. The minimum atomic E-state index is -0.822. The molecule has 6 nitrogen and oxygen atoms in total. The summed E-state index contributed by atoms with van der Waals surface area (Å²) in [5, 5.41) is 19.0. The zero-order valence-corrected chi connectivity index (χ0v) is 13.6. The van der Waals surface area contributed by atoms with Gasteiger partial charge in [-0.1, -0.05) is 11.6 Å². The van der Waals surface area contributed by atoms with E-state index < -0.39 is 5.60 Å². The Morgan fingerprint density at radius 1 is 1.50 bits per heavy atom. The van der Waals surface area contributed by atoms with E-state index in [0.717, 1.165) is 36.8 Å². The lowest BCUT2D eigenvalue weighted by atomic mass is 10.1. The second kappa shape index (κ2) is 6.02. The average Bonchev–Trinajstić information content (AvgIpc) is 2.83. The van der Waals surface area contributed by atoms with Crippen molar-refractivity contribution in [2.24, 2.45) is 0 Å². The number of aliphatic hydroxyl groups is 1. The first kappa shape index (κ1) is 15.5. The summed E-state index contributed by atoms with van der Waals surface area (Å²) < 4.78 is 7.70. The monoisotopic (exact) mass is 324 g/mol. The molecular formula is C15H21ClN4O2. The van der Waals surface area contributed by atoms with Crippen molar-refractivity contribution in [3.8, 4) is 0 Å². The van der Waals surface area contributed by atoms with E-state index in [4.69, 9.17) is 16.3 Å². The Morgan fingerprint density at radius 2 is 2.32 bits per heavy atom. The predicted molar refractivity (Wildman–Crippen MR) is 86.2 cm³/mol. The molecule has 22 heavy (non-hydrogen) atoms. The van der Waals surface area contributed by atoms with Crippen molar-refractivity contribution in [3.05, 3.63) is 17.4 Å². The van der Waals surface area contributed by atoms with Crippen LogP contribution in [0.3, 0.4) is 0 Å². The summed E-state index contributed by atoms with van der Waals surface area (Å²) in [5.41, 5.74) is 0.0715. The largest absolute Gasteiger partial charge is 0.389 e. The maximum absolute atomic E-state index is 9.89. The fraction of sp³-hybridized carbons (Fsp3) is 0.600. The smallest absolute Gasteiger partial charge is 0.157 e. The molecule has 0 amide bonds. The Bertz CT molecular complexity index is 659. The van der Waals surface area contributed by atoms with Crippen molar-refractivity contribution in [1.82, 2.24) is 14.8 Å². The van der Waals surface area contributed by atoms with E-state index in [1.807, 2.05) is 4.68 Å². The Kier molecular flexibility index (Phi) is 4.25. The summed E-state index contributed by atoms with van der Waals surface area (Å²) in [5.74, 6) is 0.690. The van der Waals surface area contributed by atoms with Crippen LogP contribution in [0.2, 0.25) is 5.15 Å². The van der Waals surface area contributed by atoms with Crippen LogP contribution in [0.15, 0.2) is 12.3 Å². The normalized spacial score (nSPS) is 19.5. The highest BCUT2D eigenvalue weighted by molar-refractivity contribution is 6.30. The Morgan fingerprint density at radius 3 is 3.00 bits per heavy atom. The van der Waals surface area contributed by atoms with Crippen molar-refractivity contribution >= 4 is 28.3 Å². The third-order valence-corrected chi connectivity index (χ3v) is 3.88. The molecule has 3 heterocycles. The highest BCUT2D eigenvalue weighted by Gasteiger charge is 2.22. The van der Waals surface area contributed by atoms with Crippen LogP contribution in [0.4, 0.5) is 5.82 Å². The number of hydrogen-bond acceptors (Lipinski definition) is 5. The number of aromatic nitrogens is 3. The average molecular weight is 325 g/mol. The zero-order chi connectivity index (χ0) is 15.7. The summed E-state index contributed by atoms with van der Waals surface area (Å²) >= 11 is 6.04. The third-order valence-electron chi connectivity index (χ3n) is 3.68. The van der Waals surface area contributed by atoms with E-state index in [1.54, 1.807) is 26.1 Å². The fourth-order valence-electron chi connectivity index (χ4n) is 2.57. The lowest BCUT2D eigenvalue weighted by Crippen LogP contribution is -2.29. The molecule has 2 N–H and O–H groups in total. The molecule has 1 saturated heterocycles. The van der Waals surface area contributed by atoms with E-state index in [-0.39, 0.29) is 6.23 Å². The van der Waals surface area contributed by atoms with Gasteiger partial charge in [-0.25, -0.2) is 9.67 Å². The quantitative estimate of drug-likeness (QED) is 0.846. The molecule has 2 aromatic rings. The Balaban J connectivity index is 1.98. The number of fused-ring (bicyclic) bond motifs is 1. The summed E-state index contributed by atoms with van der Waals surface area (Å²) in [6.07, 6.45) is 4.77. The van der Waals surface area contributed by atoms with Crippen molar-refractivity contribution in [1.29, 1.82) is 0 Å². The van der Waals surface area contributed by atoms with Gasteiger partial charge in [0.1, 0.15) is 5.15 Å². The molecule has 1 aliphatic rings. The standard InChI is InChI=1S/C15H21ClN4O2/c1-15(2,21)9-18-14-10-8-17-12(16)7-11(10)20(19-14)13-5-3-4-6-22-13/h7-8,13,21H,3-6,9H2,1-2H3,(H,18,19). The van der Waals surface area contributed by atoms with Gasteiger partial charge in [0.2, 0.25) is 0 Å². The Hall–Kier alpha value is -1.37. The van der Waals surface area contributed by atoms with E-state index >= 15 is 0 Å². The molecule has 2 aromatic heterocycles. The van der Waals surface area contributed by atoms with Gasteiger partial charge in [-0.3, -0.25) is 0 Å². The molecule has 1 fully saturated rings. The summed E-state index contributed by atoms with van der Waals surface area (Å²) in [7, 11) is 0. The summed E-state index contributed by atoms with van der Waals surface area (Å²) in [4.78, 5) is 4.14. The molecule has 1 atom stereocenters. The Labute approximate surface area is 134 Å². The molecule has 3 rings (SSSR count). The number of rotatable bonds is 4. The van der Waals surface area contributed by atoms with Gasteiger partial charge in [0, 0.05) is 25.4 Å². The lowest BCUT2D eigenvalue weighted by molar-refractivity contribution is -0.0365.